The summed E-state index contributed by atoms with van der Waals surface area (Å²) in [5.41, 5.74) is 0.166. The number of nitrogens with one attached hydrogen (secondary N) is 1. The van der Waals surface area contributed by atoms with Crippen molar-refractivity contribution >= 4 is 5.91 Å². The first-order valence-electron chi connectivity index (χ1n) is 6.72. The molecule has 112 valence electrons. The molecular weight excluding hydrogens is 272 g/mol. The topological polar surface area (TPSA) is 73.5 Å². The smallest absolute Gasteiger partial charge is 0.251 e. The molecule has 0 aliphatic carbocycles. The standard InChI is InChI=1S/C15H18N2O4/c1-17-7-5-12(10-14(17)18)15(19)16-6-3-8-20-11-13-4-2-9-21-13/h2,4-5,7,9-10H,3,6,8,11H2,1H3,(H,16,19). The highest BCUT2D eigenvalue weighted by Gasteiger charge is 2.05. The van der Waals surface area contributed by atoms with Crippen LogP contribution in [0.3, 0.4) is 0 Å². The first-order chi connectivity index (χ1) is 10.2. The second-order valence-corrected chi connectivity index (χ2v) is 4.61. The van der Waals surface area contributed by atoms with Crippen molar-refractivity contribution in [1.29, 1.82) is 0 Å². The highest BCUT2D eigenvalue weighted by molar-refractivity contribution is 5.93. The van der Waals surface area contributed by atoms with Crippen molar-refractivity contribution in [3.05, 3.63) is 58.4 Å². The van der Waals surface area contributed by atoms with Gasteiger partial charge in [-0.1, -0.05) is 0 Å². The normalized spacial score (nSPS) is 10.5. The van der Waals surface area contributed by atoms with E-state index in [0.29, 0.717) is 31.7 Å². The van der Waals surface area contributed by atoms with Gasteiger partial charge in [0.25, 0.3) is 11.5 Å². The maximum Gasteiger partial charge on any atom is 0.251 e. The Morgan fingerprint density at radius 1 is 1.43 bits per heavy atom. The number of carbonyl (C=O) groups excluding carboxylic acids is 1. The van der Waals surface area contributed by atoms with Crippen LogP contribution in [0.4, 0.5) is 0 Å². The van der Waals surface area contributed by atoms with Crippen molar-refractivity contribution < 1.29 is 13.9 Å². The number of nitrogens with zero attached hydrogens (tertiary/aromatic N) is 1. The third-order valence-electron chi connectivity index (χ3n) is 2.94. The summed E-state index contributed by atoms with van der Waals surface area (Å²) in [7, 11) is 1.64. The van der Waals surface area contributed by atoms with Crippen LogP contribution in [-0.4, -0.2) is 23.6 Å². The van der Waals surface area contributed by atoms with Crippen molar-refractivity contribution in [2.75, 3.05) is 13.2 Å². The first-order valence-corrected chi connectivity index (χ1v) is 6.72. The molecule has 2 heterocycles. The van der Waals surface area contributed by atoms with Gasteiger partial charge in [-0.15, -0.1) is 0 Å². The number of ether oxygens (including phenoxy) is 1. The Kier molecular flexibility index (Phi) is 5.34. The van der Waals surface area contributed by atoms with E-state index in [0.717, 1.165) is 5.76 Å². The van der Waals surface area contributed by atoms with E-state index in [-0.39, 0.29) is 11.5 Å². The summed E-state index contributed by atoms with van der Waals surface area (Å²) in [4.78, 5) is 23.2. The molecule has 0 saturated heterocycles. The molecule has 0 spiro atoms. The van der Waals surface area contributed by atoms with Gasteiger partial charge in [0.15, 0.2) is 0 Å². The van der Waals surface area contributed by atoms with E-state index in [1.807, 2.05) is 12.1 Å². The largest absolute Gasteiger partial charge is 0.467 e. The average Bonchev–Trinajstić information content (AvgIpc) is 2.98. The third-order valence-corrected chi connectivity index (χ3v) is 2.94. The first kappa shape index (κ1) is 15.1. The maximum absolute atomic E-state index is 11.8. The molecule has 0 bridgehead atoms. The highest BCUT2D eigenvalue weighted by atomic mass is 16.5. The summed E-state index contributed by atoms with van der Waals surface area (Å²) in [5, 5.41) is 2.75. The van der Waals surface area contributed by atoms with Crippen LogP contribution in [0.25, 0.3) is 0 Å². The molecule has 0 unspecified atom stereocenters. The van der Waals surface area contributed by atoms with Crippen LogP contribution in [0.2, 0.25) is 0 Å². The molecule has 0 aliphatic rings. The number of carbonyl (C=O) groups is 1. The Morgan fingerprint density at radius 2 is 2.29 bits per heavy atom. The zero-order valence-corrected chi connectivity index (χ0v) is 11.9. The van der Waals surface area contributed by atoms with Crippen molar-refractivity contribution in [3.63, 3.8) is 0 Å². The van der Waals surface area contributed by atoms with Crippen LogP contribution in [0.5, 0.6) is 0 Å². The lowest BCUT2D eigenvalue weighted by Gasteiger charge is -2.06. The van der Waals surface area contributed by atoms with E-state index >= 15 is 0 Å². The van der Waals surface area contributed by atoms with E-state index in [1.165, 1.54) is 10.6 Å². The summed E-state index contributed by atoms with van der Waals surface area (Å²) in [6.45, 7) is 1.44. The van der Waals surface area contributed by atoms with Crippen molar-refractivity contribution in [3.8, 4) is 0 Å². The lowest BCUT2D eigenvalue weighted by atomic mass is 10.2. The minimum Gasteiger partial charge on any atom is -0.467 e. The van der Waals surface area contributed by atoms with Gasteiger partial charge in [-0.05, 0) is 24.6 Å². The number of aryl methyl sites for hydroxylation is 1. The van der Waals surface area contributed by atoms with Gasteiger partial charge in [0, 0.05) is 38.0 Å². The molecule has 0 aromatic carbocycles. The maximum atomic E-state index is 11.8. The van der Waals surface area contributed by atoms with Gasteiger partial charge in [-0.25, -0.2) is 0 Å². The van der Waals surface area contributed by atoms with Crippen LogP contribution in [-0.2, 0) is 18.4 Å². The van der Waals surface area contributed by atoms with Gasteiger partial charge in [0.05, 0.1) is 6.26 Å². The summed E-state index contributed by atoms with van der Waals surface area (Å²) in [6.07, 6.45) is 3.87. The second-order valence-electron chi connectivity index (χ2n) is 4.61. The number of amides is 1. The summed E-state index contributed by atoms with van der Waals surface area (Å²) < 4.78 is 11.9. The zero-order chi connectivity index (χ0) is 15.1. The van der Waals surface area contributed by atoms with Gasteiger partial charge in [0.2, 0.25) is 0 Å². The second kappa shape index (κ2) is 7.44. The van der Waals surface area contributed by atoms with Crippen LogP contribution in [0.15, 0.2) is 45.9 Å². The molecule has 0 fully saturated rings. The molecule has 1 amide bonds. The van der Waals surface area contributed by atoms with Crippen LogP contribution in [0.1, 0.15) is 22.5 Å². The summed E-state index contributed by atoms with van der Waals surface area (Å²) in [5.74, 6) is 0.526. The third kappa shape index (κ3) is 4.61. The predicted molar refractivity (Wildman–Crippen MR) is 77.0 cm³/mol. The van der Waals surface area contributed by atoms with E-state index < -0.39 is 0 Å². The van der Waals surface area contributed by atoms with E-state index in [1.54, 1.807) is 25.6 Å². The van der Waals surface area contributed by atoms with Gasteiger partial charge in [-0.2, -0.15) is 0 Å². The van der Waals surface area contributed by atoms with E-state index in [2.05, 4.69) is 5.32 Å². The number of hydrogen-bond donors (Lipinski definition) is 1. The number of pyridine rings is 1. The molecule has 2 aromatic rings. The highest BCUT2D eigenvalue weighted by Crippen LogP contribution is 2.01. The van der Waals surface area contributed by atoms with Gasteiger partial charge >= 0.3 is 0 Å². The van der Waals surface area contributed by atoms with Crippen molar-refractivity contribution in [2.45, 2.75) is 13.0 Å². The predicted octanol–water partition coefficient (Wildman–Crippen LogP) is 1.32. The molecule has 0 atom stereocenters. The molecular formula is C15H18N2O4. The summed E-state index contributed by atoms with van der Waals surface area (Å²) in [6, 6.07) is 6.59. The molecule has 6 heteroatoms. The van der Waals surface area contributed by atoms with Crippen LogP contribution in [0, 0.1) is 0 Å². The molecule has 21 heavy (non-hydrogen) atoms. The Hall–Kier alpha value is -2.34. The fourth-order valence-electron chi connectivity index (χ4n) is 1.74. The van der Waals surface area contributed by atoms with E-state index in [9.17, 15) is 9.59 Å². The minimum absolute atomic E-state index is 0.204. The Labute approximate surface area is 122 Å². The Balaban J connectivity index is 1.65. The van der Waals surface area contributed by atoms with Gasteiger partial charge in [0.1, 0.15) is 12.4 Å². The van der Waals surface area contributed by atoms with Gasteiger partial charge in [-0.3, -0.25) is 9.59 Å². The van der Waals surface area contributed by atoms with Crippen LogP contribution < -0.4 is 10.9 Å². The number of aromatic nitrogens is 1. The van der Waals surface area contributed by atoms with Gasteiger partial charge < -0.3 is 19.0 Å². The molecule has 1 N–H and O–H groups in total. The lowest BCUT2D eigenvalue weighted by Crippen LogP contribution is -2.27. The molecule has 2 aromatic heterocycles. The molecule has 6 nitrogen and oxygen atoms in total. The number of furan rings is 1. The Morgan fingerprint density at radius 3 is 3.00 bits per heavy atom. The average molecular weight is 290 g/mol. The van der Waals surface area contributed by atoms with E-state index in [4.69, 9.17) is 9.15 Å². The zero-order valence-electron chi connectivity index (χ0n) is 11.9. The number of rotatable bonds is 7. The monoisotopic (exact) mass is 290 g/mol. The van der Waals surface area contributed by atoms with Crippen LogP contribution >= 0.6 is 0 Å². The fraction of sp³-hybridized carbons (Fsp3) is 0.333. The lowest BCUT2D eigenvalue weighted by molar-refractivity contribution is 0.0917. The minimum atomic E-state index is -0.251. The molecule has 2 rings (SSSR count). The number of hydrogen-bond acceptors (Lipinski definition) is 4. The molecule has 0 radical (unpaired) electrons. The molecule has 0 aliphatic heterocycles. The van der Waals surface area contributed by atoms with Crippen molar-refractivity contribution in [2.24, 2.45) is 7.05 Å². The summed E-state index contributed by atoms with van der Waals surface area (Å²) >= 11 is 0. The SMILES string of the molecule is Cn1ccc(C(=O)NCCCOCc2ccco2)cc1=O. The van der Waals surface area contributed by atoms with Crippen molar-refractivity contribution in [1.82, 2.24) is 9.88 Å². The Bertz CT molecular complexity index is 631. The molecule has 0 saturated carbocycles. The quantitative estimate of drug-likeness (QED) is 0.780. The fourth-order valence-corrected chi connectivity index (χ4v) is 1.74.